The van der Waals surface area contributed by atoms with Gasteiger partial charge < -0.3 is 14.8 Å². The summed E-state index contributed by atoms with van der Waals surface area (Å²) in [5.74, 6) is -6.15. The van der Waals surface area contributed by atoms with Crippen molar-refractivity contribution < 1.29 is 27.0 Å². The summed E-state index contributed by atoms with van der Waals surface area (Å²) >= 11 is 0. The van der Waals surface area contributed by atoms with E-state index in [-0.39, 0.29) is 11.4 Å². The van der Waals surface area contributed by atoms with Crippen molar-refractivity contribution in [2.24, 2.45) is 0 Å². The Bertz CT molecular complexity index is 653. The number of hydrogen-bond acceptors (Lipinski definition) is 4. The summed E-state index contributed by atoms with van der Waals surface area (Å²) in [6, 6.07) is 4.30. The Labute approximate surface area is 117 Å². The molecule has 0 aliphatic carbocycles. The molecule has 8 heteroatoms. The lowest BCUT2D eigenvalue weighted by Crippen LogP contribution is -2.06. The maximum atomic E-state index is 13.5. The second-order valence-corrected chi connectivity index (χ2v) is 3.89. The van der Waals surface area contributed by atoms with Gasteiger partial charge in [-0.05, 0) is 12.1 Å². The SMILES string of the molecule is COc1ccc(Nc2c(F)c(F)nc(F)c2F)c(OC)c1. The molecule has 0 aliphatic heterocycles. The van der Waals surface area contributed by atoms with Gasteiger partial charge in [0, 0.05) is 6.07 Å². The highest BCUT2D eigenvalue weighted by atomic mass is 19.2. The molecule has 1 N–H and O–H groups in total. The smallest absolute Gasteiger partial charge is 0.253 e. The van der Waals surface area contributed by atoms with Crippen molar-refractivity contribution in [3.8, 4) is 11.5 Å². The lowest BCUT2D eigenvalue weighted by molar-refractivity contribution is 0.395. The minimum atomic E-state index is -1.75. The fraction of sp³-hybridized carbons (Fsp3) is 0.154. The van der Waals surface area contributed by atoms with Gasteiger partial charge in [0.1, 0.15) is 17.2 Å². The van der Waals surface area contributed by atoms with Crippen molar-refractivity contribution in [2.45, 2.75) is 0 Å². The van der Waals surface area contributed by atoms with E-state index < -0.39 is 29.2 Å². The Balaban J connectivity index is 2.48. The third-order valence-electron chi connectivity index (χ3n) is 2.67. The first-order valence-corrected chi connectivity index (χ1v) is 5.67. The molecule has 112 valence electrons. The Morgan fingerprint density at radius 3 is 2.10 bits per heavy atom. The third-order valence-corrected chi connectivity index (χ3v) is 2.67. The highest BCUT2D eigenvalue weighted by Gasteiger charge is 2.21. The molecule has 0 saturated heterocycles. The lowest BCUT2D eigenvalue weighted by Gasteiger charge is -2.13. The first-order chi connectivity index (χ1) is 9.97. The van der Waals surface area contributed by atoms with Crippen molar-refractivity contribution >= 4 is 11.4 Å². The largest absolute Gasteiger partial charge is 0.497 e. The second kappa shape index (κ2) is 5.86. The molecular weight excluding hydrogens is 292 g/mol. The summed E-state index contributed by atoms with van der Waals surface area (Å²) in [5, 5.41) is 2.24. The molecule has 1 heterocycles. The van der Waals surface area contributed by atoms with Crippen molar-refractivity contribution in [2.75, 3.05) is 19.5 Å². The van der Waals surface area contributed by atoms with Crippen LogP contribution in [-0.2, 0) is 0 Å². The van der Waals surface area contributed by atoms with E-state index in [9.17, 15) is 17.6 Å². The average Bonchev–Trinajstić information content (AvgIpc) is 2.49. The number of nitrogens with zero attached hydrogens (tertiary/aromatic N) is 1. The van der Waals surface area contributed by atoms with E-state index in [4.69, 9.17) is 9.47 Å². The number of aromatic nitrogens is 1. The number of rotatable bonds is 4. The fourth-order valence-electron chi connectivity index (χ4n) is 1.63. The number of nitrogens with one attached hydrogen (secondary N) is 1. The molecule has 2 aromatic rings. The molecule has 0 radical (unpaired) electrons. The van der Waals surface area contributed by atoms with Gasteiger partial charge in [0.2, 0.25) is 11.6 Å². The molecule has 1 aromatic carbocycles. The van der Waals surface area contributed by atoms with Crippen LogP contribution in [0.1, 0.15) is 0 Å². The molecule has 0 spiro atoms. The van der Waals surface area contributed by atoms with Gasteiger partial charge in [0.05, 0.1) is 19.9 Å². The molecule has 4 nitrogen and oxygen atoms in total. The van der Waals surface area contributed by atoms with E-state index in [0.717, 1.165) is 0 Å². The highest BCUT2D eigenvalue weighted by molar-refractivity contribution is 5.68. The van der Waals surface area contributed by atoms with E-state index >= 15 is 0 Å². The Morgan fingerprint density at radius 1 is 0.952 bits per heavy atom. The zero-order chi connectivity index (χ0) is 15.6. The second-order valence-electron chi connectivity index (χ2n) is 3.89. The minimum Gasteiger partial charge on any atom is -0.497 e. The first-order valence-electron chi connectivity index (χ1n) is 5.67. The van der Waals surface area contributed by atoms with Crippen LogP contribution in [0.2, 0.25) is 0 Å². The minimum absolute atomic E-state index is 0.0982. The molecule has 0 amide bonds. The summed E-state index contributed by atoms with van der Waals surface area (Å²) in [7, 11) is 2.75. The number of hydrogen-bond donors (Lipinski definition) is 1. The maximum Gasteiger partial charge on any atom is 0.253 e. The number of halogens is 4. The zero-order valence-electron chi connectivity index (χ0n) is 11.0. The van der Waals surface area contributed by atoms with Crippen LogP contribution in [0.4, 0.5) is 28.9 Å². The molecule has 0 bridgehead atoms. The van der Waals surface area contributed by atoms with Gasteiger partial charge in [-0.1, -0.05) is 0 Å². The summed E-state index contributed by atoms with van der Waals surface area (Å²) in [4.78, 5) is 2.47. The van der Waals surface area contributed by atoms with Crippen LogP contribution < -0.4 is 14.8 Å². The lowest BCUT2D eigenvalue weighted by atomic mass is 10.2. The standard InChI is InChI=1S/C13H10F4N2O2/c1-20-6-3-4-7(8(5-6)21-2)18-11-9(14)12(16)19-13(17)10(11)15/h3-5H,1-2H3,(H,18,19). The molecule has 0 saturated carbocycles. The van der Waals surface area contributed by atoms with Gasteiger partial charge in [-0.3, -0.25) is 0 Å². The number of anilines is 2. The van der Waals surface area contributed by atoms with Crippen LogP contribution in [0.15, 0.2) is 18.2 Å². The van der Waals surface area contributed by atoms with Crippen molar-refractivity contribution in [1.29, 1.82) is 0 Å². The fourth-order valence-corrected chi connectivity index (χ4v) is 1.63. The van der Waals surface area contributed by atoms with E-state index in [2.05, 4.69) is 10.3 Å². The molecule has 0 unspecified atom stereocenters. The van der Waals surface area contributed by atoms with E-state index in [1.54, 1.807) is 0 Å². The van der Waals surface area contributed by atoms with Crippen molar-refractivity contribution in [3.63, 3.8) is 0 Å². The Morgan fingerprint density at radius 2 is 1.57 bits per heavy atom. The van der Waals surface area contributed by atoms with E-state index in [0.29, 0.717) is 5.75 Å². The first kappa shape index (κ1) is 14.9. The predicted molar refractivity (Wildman–Crippen MR) is 66.9 cm³/mol. The van der Waals surface area contributed by atoms with Crippen molar-refractivity contribution in [1.82, 2.24) is 4.98 Å². The van der Waals surface area contributed by atoms with Crippen LogP contribution in [0.3, 0.4) is 0 Å². The summed E-state index contributed by atoms with van der Waals surface area (Å²) in [5.41, 5.74) is -0.899. The molecular formula is C13H10F4N2O2. The van der Waals surface area contributed by atoms with Gasteiger partial charge in [-0.25, -0.2) is 0 Å². The van der Waals surface area contributed by atoms with E-state index in [1.165, 1.54) is 32.4 Å². The normalized spacial score (nSPS) is 10.4. The van der Waals surface area contributed by atoms with Gasteiger partial charge in [-0.15, -0.1) is 0 Å². The van der Waals surface area contributed by atoms with Gasteiger partial charge >= 0.3 is 0 Å². The quantitative estimate of drug-likeness (QED) is 0.694. The average molecular weight is 302 g/mol. The Hall–Kier alpha value is -2.51. The third kappa shape index (κ3) is 2.83. The number of methoxy groups -OCH3 is 2. The van der Waals surface area contributed by atoms with Crippen molar-refractivity contribution in [3.05, 3.63) is 41.7 Å². The topological polar surface area (TPSA) is 43.4 Å². The molecule has 0 atom stereocenters. The van der Waals surface area contributed by atoms with Crippen LogP contribution in [0.25, 0.3) is 0 Å². The number of benzene rings is 1. The molecule has 21 heavy (non-hydrogen) atoms. The van der Waals surface area contributed by atoms with Crippen LogP contribution in [-0.4, -0.2) is 19.2 Å². The molecule has 1 aromatic heterocycles. The molecule has 0 fully saturated rings. The summed E-state index contributed by atoms with van der Waals surface area (Å²) in [6.45, 7) is 0. The highest BCUT2D eigenvalue weighted by Crippen LogP contribution is 2.33. The summed E-state index contributed by atoms with van der Waals surface area (Å²) in [6.07, 6.45) is 0. The van der Waals surface area contributed by atoms with Crippen LogP contribution in [0, 0.1) is 23.5 Å². The predicted octanol–water partition coefficient (Wildman–Crippen LogP) is 3.40. The van der Waals surface area contributed by atoms with Gasteiger partial charge in [0.15, 0.2) is 0 Å². The monoisotopic (exact) mass is 302 g/mol. The summed E-state index contributed by atoms with van der Waals surface area (Å²) < 4.78 is 63.1. The molecule has 2 rings (SSSR count). The maximum absolute atomic E-state index is 13.5. The van der Waals surface area contributed by atoms with E-state index in [1.807, 2.05) is 0 Å². The van der Waals surface area contributed by atoms with Gasteiger partial charge in [-0.2, -0.15) is 22.5 Å². The Kier molecular flexibility index (Phi) is 4.15. The zero-order valence-corrected chi connectivity index (χ0v) is 11.0. The van der Waals surface area contributed by atoms with Crippen LogP contribution in [0.5, 0.6) is 11.5 Å². The van der Waals surface area contributed by atoms with Crippen LogP contribution >= 0.6 is 0 Å². The number of ether oxygens (including phenoxy) is 2. The van der Waals surface area contributed by atoms with Gasteiger partial charge in [0.25, 0.3) is 11.9 Å². The molecule has 0 aliphatic rings. The number of pyridine rings is 1.